The number of anilines is 3. The standard InChI is InChI=1S/C37H44BN5O5/c1-36(2)37(3,4)48-38(47-36)30-22-20-28(21-23-30)27-46-42-33(44)19-13-5-6-14-24-39-34(45)29-25-40-35(41-26-29)43(31-15-9-7-10-16-31)32-17-11-8-12-18-32/h7-12,15-18,20-23,25-26H,5-6,13-14,19,24,27H2,1-4H3,(H,39,45)(H,42,44). The zero-order chi connectivity index (χ0) is 34.0. The number of carbonyl (C=O) groups excluding carboxylic acids is 2. The molecular formula is C37H44BN5O5. The first kappa shape index (κ1) is 34.8. The lowest BCUT2D eigenvalue weighted by molar-refractivity contribution is -0.134. The Kier molecular flexibility index (Phi) is 11.6. The Labute approximate surface area is 283 Å². The molecule has 0 spiro atoms. The van der Waals surface area contributed by atoms with Gasteiger partial charge in [-0.25, -0.2) is 15.4 Å². The molecule has 1 aliphatic rings. The Morgan fingerprint density at radius 2 is 1.33 bits per heavy atom. The number of hydrogen-bond acceptors (Lipinski definition) is 8. The van der Waals surface area contributed by atoms with Gasteiger partial charge in [0.15, 0.2) is 0 Å². The van der Waals surface area contributed by atoms with E-state index < -0.39 is 7.12 Å². The molecule has 10 nitrogen and oxygen atoms in total. The molecular weight excluding hydrogens is 605 g/mol. The van der Waals surface area contributed by atoms with Gasteiger partial charge in [-0.1, -0.05) is 73.5 Å². The molecule has 4 aromatic rings. The number of hydrogen-bond donors (Lipinski definition) is 2. The normalized spacial score (nSPS) is 14.8. The molecule has 0 unspecified atom stereocenters. The predicted octanol–water partition coefficient (Wildman–Crippen LogP) is 6.17. The summed E-state index contributed by atoms with van der Waals surface area (Å²) in [4.78, 5) is 41.3. The lowest BCUT2D eigenvalue weighted by Gasteiger charge is -2.32. The van der Waals surface area contributed by atoms with Gasteiger partial charge in [0.2, 0.25) is 11.9 Å². The first-order chi connectivity index (χ1) is 23.1. The molecule has 0 saturated carbocycles. The maximum Gasteiger partial charge on any atom is 0.494 e. The third-order valence-electron chi connectivity index (χ3n) is 8.68. The summed E-state index contributed by atoms with van der Waals surface area (Å²) in [5.41, 5.74) is 5.87. The third kappa shape index (κ3) is 9.06. The average molecular weight is 650 g/mol. The lowest BCUT2D eigenvalue weighted by Crippen LogP contribution is -2.41. The number of rotatable bonds is 15. The summed E-state index contributed by atoms with van der Waals surface area (Å²) >= 11 is 0. The van der Waals surface area contributed by atoms with Crippen molar-refractivity contribution in [2.45, 2.75) is 77.6 Å². The van der Waals surface area contributed by atoms with E-state index >= 15 is 0 Å². The van der Waals surface area contributed by atoms with Gasteiger partial charge in [0.25, 0.3) is 5.91 Å². The molecule has 1 aliphatic heterocycles. The fourth-order valence-electron chi connectivity index (χ4n) is 5.16. The van der Waals surface area contributed by atoms with E-state index in [1.807, 2.05) is 118 Å². The summed E-state index contributed by atoms with van der Waals surface area (Å²) in [6.07, 6.45) is 6.78. The number of benzene rings is 3. The zero-order valence-corrected chi connectivity index (χ0v) is 28.1. The second-order valence-electron chi connectivity index (χ2n) is 12.8. The number of para-hydroxylation sites is 2. The quantitative estimate of drug-likeness (QED) is 0.0893. The fourth-order valence-corrected chi connectivity index (χ4v) is 5.16. The number of nitrogens with one attached hydrogen (secondary N) is 2. The summed E-state index contributed by atoms with van der Waals surface area (Å²) < 4.78 is 12.2. The van der Waals surface area contributed by atoms with Crippen molar-refractivity contribution in [3.8, 4) is 0 Å². The Morgan fingerprint density at radius 1 is 0.771 bits per heavy atom. The minimum Gasteiger partial charge on any atom is -0.399 e. The van der Waals surface area contributed by atoms with Crippen molar-refractivity contribution >= 4 is 41.7 Å². The van der Waals surface area contributed by atoms with Crippen molar-refractivity contribution in [1.29, 1.82) is 0 Å². The van der Waals surface area contributed by atoms with Crippen LogP contribution in [0.15, 0.2) is 97.3 Å². The first-order valence-corrected chi connectivity index (χ1v) is 16.5. The molecule has 250 valence electrons. The van der Waals surface area contributed by atoms with E-state index in [4.69, 9.17) is 14.1 Å². The monoisotopic (exact) mass is 649 g/mol. The van der Waals surface area contributed by atoms with E-state index in [0.29, 0.717) is 24.5 Å². The molecule has 1 aromatic heterocycles. The van der Waals surface area contributed by atoms with E-state index in [-0.39, 0.29) is 29.6 Å². The van der Waals surface area contributed by atoms with Crippen LogP contribution < -0.4 is 21.2 Å². The highest BCUT2D eigenvalue weighted by atomic mass is 16.7. The second-order valence-corrected chi connectivity index (χ2v) is 12.8. The molecule has 11 heteroatoms. The van der Waals surface area contributed by atoms with Crippen molar-refractivity contribution in [2.75, 3.05) is 11.4 Å². The van der Waals surface area contributed by atoms with Crippen LogP contribution in [0.25, 0.3) is 0 Å². The van der Waals surface area contributed by atoms with Crippen LogP contribution in [0.5, 0.6) is 0 Å². The average Bonchev–Trinajstić information content (AvgIpc) is 3.31. The Balaban J connectivity index is 0.951. The largest absolute Gasteiger partial charge is 0.494 e. The summed E-state index contributed by atoms with van der Waals surface area (Å²) in [5, 5.41) is 2.93. The van der Waals surface area contributed by atoms with Crippen LogP contribution in [0, 0.1) is 0 Å². The van der Waals surface area contributed by atoms with Crippen LogP contribution in [-0.2, 0) is 25.5 Å². The molecule has 2 amide bonds. The number of unbranched alkanes of at least 4 members (excludes halogenated alkanes) is 3. The van der Waals surface area contributed by atoms with Crippen LogP contribution in [0.1, 0.15) is 75.7 Å². The SMILES string of the molecule is CC1(C)OB(c2ccc(CONC(=O)CCCCCCNC(=O)c3cnc(N(c4ccccc4)c4ccccc4)nc3)cc2)OC1(C)C. The molecule has 48 heavy (non-hydrogen) atoms. The predicted molar refractivity (Wildman–Crippen MR) is 187 cm³/mol. The van der Waals surface area contributed by atoms with Gasteiger partial charge in [0, 0.05) is 36.7 Å². The van der Waals surface area contributed by atoms with Crippen LogP contribution in [0.4, 0.5) is 17.3 Å². The van der Waals surface area contributed by atoms with Crippen molar-refractivity contribution in [2.24, 2.45) is 0 Å². The molecule has 0 radical (unpaired) electrons. The van der Waals surface area contributed by atoms with Gasteiger partial charge < -0.3 is 14.6 Å². The molecule has 5 rings (SSSR count). The van der Waals surface area contributed by atoms with E-state index in [2.05, 4.69) is 20.8 Å². The van der Waals surface area contributed by atoms with Gasteiger partial charge >= 0.3 is 7.12 Å². The van der Waals surface area contributed by atoms with Crippen LogP contribution in [0.2, 0.25) is 0 Å². The highest BCUT2D eigenvalue weighted by molar-refractivity contribution is 6.62. The number of carbonyl (C=O) groups is 2. The van der Waals surface area contributed by atoms with Gasteiger partial charge in [-0.3, -0.25) is 19.3 Å². The van der Waals surface area contributed by atoms with E-state index in [9.17, 15) is 9.59 Å². The molecule has 1 fully saturated rings. The molecule has 2 N–H and O–H groups in total. The minimum absolute atomic E-state index is 0.154. The van der Waals surface area contributed by atoms with E-state index in [1.165, 1.54) is 0 Å². The van der Waals surface area contributed by atoms with Gasteiger partial charge in [-0.15, -0.1) is 0 Å². The highest BCUT2D eigenvalue weighted by Crippen LogP contribution is 2.36. The molecule has 0 aliphatic carbocycles. The molecule has 1 saturated heterocycles. The van der Waals surface area contributed by atoms with Gasteiger partial charge in [-0.05, 0) is 75.8 Å². The van der Waals surface area contributed by atoms with Gasteiger partial charge in [0.05, 0.1) is 23.4 Å². The first-order valence-electron chi connectivity index (χ1n) is 16.5. The summed E-state index contributed by atoms with van der Waals surface area (Å²) in [7, 11) is -0.411. The summed E-state index contributed by atoms with van der Waals surface area (Å²) in [5.74, 6) is 0.108. The van der Waals surface area contributed by atoms with Gasteiger partial charge in [-0.2, -0.15) is 0 Å². The topological polar surface area (TPSA) is 115 Å². The van der Waals surface area contributed by atoms with Crippen molar-refractivity contribution in [3.63, 3.8) is 0 Å². The van der Waals surface area contributed by atoms with Crippen LogP contribution in [-0.4, -0.2) is 46.6 Å². The Hall–Kier alpha value is -4.58. The number of amides is 2. The second kappa shape index (κ2) is 16.0. The molecule has 0 atom stereocenters. The third-order valence-corrected chi connectivity index (χ3v) is 8.68. The summed E-state index contributed by atoms with van der Waals surface area (Å²) in [6, 6.07) is 27.5. The van der Waals surface area contributed by atoms with Gasteiger partial charge in [0.1, 0.15) is 0 Å². The maximum atomic E-state index is 12.7. The smallest absolute Gasteiger partial charge is 0.399 e. The fraction of sp³-hybridized carbons (Fsp3) is 0.351. The maximum absolute atomic E-state index is 12.7. The van der Waals surface area contributed by atoms with Crippen molar-refractivity contribution < 1.29 is 23.7 Å². The molecule has 2 heterocycles. The summed E-state index contributed by atoms with van der Waals surface area (Å²) in [6.45, 7) is 8.92. The van der Waals surface area contributed by atoms with Crippen LogP contribution in [0.3, 0.4) is 0 Å². The Bertz CT molecular complexity index is 1560. The minimum atomic E-state index is -0.411. The lowest BCUT2D eigenvalue weighted by atomic mass is 9.79. The van der Waals surface area contributed by atoms with E-state index in [0.717, 1.165) is 48.1 Å². The number of aromatic nitrogens is 2. The number of hydroxylamine groups is 1. The van der Waals surface area contributed by atoms with Crippen molar-refractivity contribution in [1.82, 2.24) is 20.8 Å². The van der Waals surface area contributed by atoms with E-state index in [1.54, 1.807) is 12.4 Å². The van der Waals surface area contributed by atoms with Crippen LogP contribution >= 0.6 is 0 Å². The van der Waals surface area contributed by atoms with Crippen molar-refractivity contribution in [3.05, 3.63) is 108 Å². The zero-order valence-electron chi connectivity index (χ0n) is 28.1. The molecule has 0 bridgehead atoms. The molecule has 3 aromatic carbocycles. The Morgan fingerprint density at radius 3 is 1.92 bits per heavy atom. The highest BCUT2D eigenvalue weighted by Gasteiger charge is 2.51. The number of nitrogens with zero attached hydrogens (tertiary/aromatic N) is 3.